The Morgan fingerprint density at radius 2 is 1.65 bits per heavy atom. The molecule has 0 unspecified atom stereocenters. The number of sulfonamides is 1. The van der Waals surface area contributed by atoms with Gasteiger partial charge in [0.05, 0.1) is 22.6 Å². The number of hydrogen-bond donors (Lipinski definition) is 1. The number of nitrogens with one attached hydrogen (secondary N) is 1. The van der Waals surface area contributed by atoms with Crippen LogP contribution in [0.2, 0.25) is 5.02 Å². The zero-order valence-electron chi connectivity index (χ0n) is 27.8. The molecule has 0 aliphatic heterocycles. The van der Waals surface area contributed by atoms with Crippen molar-refractivity contribution in [1.29, 1.82) is 0 Å². The Hall–Kier alpha value is -4.94. The van der Waals surface area contributed by atoms with E-state index in [0.29, 0.717) is 13.0 Å². The molecule has 2 amide bonds. The lowest BCUT2D eigenvalue weighted by Gasteiger charge is -2.34. The smallest absolute Gasteiger partial charge is 0.273 e. The van der Waals surface area contributed by atoms with Gasteiger partial charge in [0, 0.05) is 36.2 Å². The molecular weight excluding hydrogens is 668 g/mol. The molecule has 1 atom stereocenters. The Kier molecular flexibility index (Phi) is 12.4. The summed E-state index contributed by atoms with van der Waals surface area (Å²) >= 11 is 6.34. The van der Waals surface area contributed by atoms with E-state index in [0.717, 1.165) is 27.1 Å². The van der Waals surface area contributed by atoms with E-state index in [9.17, 15) is 28.1 Å². The maximum Gasteiger partial charge on any atom is 0.273 e. The van der Waals surface area contributed by atoms with Gasteiger partial charge in [-0.3, -0.25) is 24.0 Å². The molecule has 0 saturated heterocycles. The van der Waals surface area contributed by atoms with E-state index in [4.69, 9.17) is 16.3 Å². The number of nitrogens with zero attached hydrogens (tertiary/aromatic N) is 3. The molecule has 0 bridgehead atoms. The Bertz CT molecular complexity index is 1900. The number of ether oxygens (including phenoxy) is 1. The van der Waals surface area contributed by atoms with E-state index in [1.165, 1.54) is 49.3 Å². The number of nitro groups is 1. The Labute approximate surface area is 291 Å². The third-order valence-corrected chi connectivity index (χ3v) is 9.94. The van der Waals surface area contributed by atoms with Crippen LogP contribution in [0.5, 0.6) is 5.75 Å². The van der Waals surface area contributed by atoms with Crippen molar-refractivity contribution in [3.05, 3.63) is 128 Å². The molecule has 0 saturated carbocycles. The number of carbonyl (C=O) groups excluding carboxylic acids is 2. The van der Waals surface area contributed by atoms with Crippen LogP contribution in [0.4, 0.5) is 11.4 Å². The van der Waals surface area contributed by atoms with E-state index in [1.807, 2.05) is 68.4 Å². The number of carbonyl (C=O) groups is 2. The van der Waals surface area contributed by atoms with Gasteiger partial charge in [0.1, 0.15) is 18.3 Å². The van der Waals surface area contributed by atoms with Gasteiger partial charge in [0.2, 0.25) is 11.8 Å². The fourth-order valence-electron chi connectivity index (χ4n) is 5.26. The van der Waals surface area contributed by atoms with E-state index in [2.05, 4.69) is 5.32 Å². The molecule has 0 aliphatic rings. The highest BCUT2D eigenvalue weighted by atomic mass is 35.5. The number of benzene rings is 4. The highest BCUT2D eigenvalue weighted by Gasteiger charge is 2.36. The second kappa shape index (κ2) is 16.4. The van der Waals surface area contributed by atoms with Gasteiger partial charge in [0.15, 0.2) is 0 Å². The number of nitro benzene ring substituents is 1. The van der Waals surface area contributed by atoms with Gasteiger partial charge in [-0.25, -0.2) is 8.42 Å². The normalized spacial score (nSPS) is 11.8. The Morgan fingerprint density at radius 1 is 0.959 bits per heavy atom. The number of hydrogen-bond acceptors (Lipinski definition) is 7. The average Bonchev–Trinajstić information content (AvgIpc) is 3.08. The molecule has 4 aromatic rings. The van der Waals surface area contributed by atoms with Crippen molar-refractivity contribution in [2.24, 2.45) is 0 Å². The number of halogens is 1. The lowest BCUT2D eigenvalue weighted by molar-refractivity contribution is -0.385. The summed E-state index contributed by atoms with van der Waals surface area (Å²) in [4.78, 5) is 40.5. The molecule has 13 heteroatoms. The van der Waals surface area contributed by atoms with Gasteiger partial charge in [-0.2, -0.15) is 0 Å². The molecule has 4 rings (SSSR count). The van der Waals surface area contributed by atoms with Crippen molar-refractivity contribution in [1.82, 2.24) is 10.2 Å². The van der Waals surface area contributed by atoms with Crippen LogP contribution < -0.4 is 14.4 Å². The van der Waals surface area contributed by atoms with Crippen molar-refractivity contribution < 1.29 is 27.7 Å². The van der Waals surface area contributed by atoms with Crippen LogP contribution in [0, 0.1) is 24.0 Å². The molecule has 1 N–H and O–H groups in total. The third-order valence-electron chi connectivity index (χ3n) is 7.95. The quantitative estimate of drug-likeness (QED) is 0.114. The topological polar surface area (TPSA) is 139 Å². The number of rotatable bonds is 15. The summed E-state index contributed by atoms with van der Waals surface area (Å²) in [5.41, 5.74) is 2.33. The summed E-state index contributed by atoms with van der Waals surface area (Å²) < 4.78 is 35.2. The first-order chi connectivity index (χ1) is 23.3. The highest BCUT2D eigenvalue weighted by molar-refractivity contribution is 7.92. The van der Waals surface area contributed by atoms with Crippen LogP contribution in [0.15, 0.2) is 95.9 Å². The summed E-state index contributed by atoms with van der Waals surface area (Å²) in [5, 5.41) is 14.8. The first-order valence-electron chi connectivity index (χ1n) is 15.6. The summed E-state index contributed by atoms with van der Waals surface area (Å²) in [5.74, 6) is -0.996. The van der Waals surface area contributed by atoms with Crippen molar-refractivity contribution >= 4 is 44.8 Å². The summed E-state index contributed by atoms with van der Waals surface area (Å²) in [6.45, 7) is 4.93. The number of methoxy groups -OCH3 is 1. The van der Waals surface area contributed by atoms with E-state index in [1.54, 1.807) is 0 Å². The molecule has 258 valence electrons. The van der Waals surface area contributed by atoms with E-state index < -0.39 is 49.9 Å². The van der Waals surface area contributed by atoms with Crippen LogP contribution in [-0.2, 0) is 32.6 Å². The molecule has 49 heavy (non-hydrogen) atoms. The number of aryl methyl sites for hydroxylation is 2. The van der Waals surface area contributed by atoms with Gasteiger partial charge in [-0.15, -0.1) is 0 Å². The van der Waals surface area contributed by atoms with Gasteiger partial charge in [-0.1, -0.05) is 84.8 Å². The van der Waals surface area contributed by atoms with Crippen molar-refractivity contribution in [2.45, 2.75) is 51.1 Å². The molecular formula is C36H39ClN4O7S. The zero-order valence-corrected chi connectivity index (χ0v) is 29.3. The summed E-state index contributed by atoms with van der Waals surface area (Å²) in [6, 6.07) is 23.5. The van der Waals surface area contributed by atoms with Crippen LogP contribution in [0.3, 0.4) is 0 Å². The van der Waals surface area contributed by atoms with Crippen LogP contribution in [0.25, 0.3) is 0 Å². The van der Waals surface area contributed by atoms with Crippen LogP contribution in [-0.4, -0.2) is 56.3 Å². The fraction of sp³-hybridized carbons (Fsp3) is 0.278. The molecule has 0 spiro atoms. The lowest BCUT2D eigenvalue weighted by Crippen LogP contribution is -2.53. The van der Waals surface area contributed by atoms with Crippen molar-refractivity contribution in [3.63, 3.8) is 0 Å². The van der Waals surface area contributed by atoms with Crippen molar-refractivity contribution in [3.8, 4) is 5.75 Å². The lowest BCUT2D eigenvalue weighted by atomic mass is 10.0. The molecule has 0 aromatic heterocycles. The predicted molar refractivity (Wildman–Crippen MR) is 189 cm³/mol. The molecule has 0 aliphatic carbocycles. The SMILES string of the molecule is CCCNC(=O)[C@H](Cc1ccccc1)N(Cc1ccc(C)cc1)C(=O)CN(c1cc(Cl)ccc1OC)S(=O)(=O)c1ccc(C)c([N+](=O)[O-])c1. The van der Waals surface area contributed by atoms with Gasteiger partial charge < -0.3 is 15.0 Å². The third kappa shape index (κ3) is 9.15. The molecule has 11 nitrogen and oxygen atoms in total. The van der Waals surface area contributed by atoms with E-state index >= 15 is 0 Å². The van der Waals surface area contributed by atoms with Crippen molar-refractivity contribution in [2.75, 3.05) is 24.5 Å². The summed E-state index contributed by atoms with van der Waals surface area (Å²) in [7, 11) is -3.32. The van der Waals surface area contributed by atoms with Crippen LogP contribution in [0.1, 0.15) is 35.6 Å². The number of anilines is 1. The second-order valence-electron chi connectivity index (χ2n) is 11.5. The molecule has 0 heterocycles. The standard InChI is InChI=1S/C36H39ClN4O7S/c1-5-19-38-36(43)33(20-27-9-7-6-8-10-27)39(23-28-14-11-25(2)12-15-28)35(42)24-40(32-21-29(37)16-18-34(32)48-4)49(46,47)30-17-13-26(3)31(22-30)41(44)45/h6-18,21-22,33H,5,19-20,23-24H2,1-4H3,(H,38,43)/t33-/m0/s1. The fourth-order valence-corrected chi connectivity index (χ4v) is 6.86. The zero-order chi connectivity index (χ0) is 35.7. The molecule has 4 aromatic carbocycles. The minimum absolute atomic E-state index is 0.00721. The Morgan fingerprint density at radius 3 is 2.29 bits per heavy atom. The first kappa shape index (κ1) is 36.9. The number of amides is 2. The van der Waals surface area contributed by atoms with Gasteiger partial charge in [0.25, 0.3) is 15.7 Å². The summed E-state index contributed by atoms with van der Waals surface area (Å²) in [6.07, 6.45) is 0.824. The highest BCUT2D eigenvalue weighted by Crippen LogP contribution is 2.36. The van der Waals surface area contributed by atoms with Gasteiger partial charge in [-0.05, 0) is 55.7 Å². The minimum Gasteiger partial charge on any atom is -0.495 e. The maximum atomic E-state index is 14.7. The Balaban J connectivity index is 1.88. The minimum atomic E-state index is -4.66. The van der Waals surface area contributed by atoms with Gasteiger partial charge >= 0.3 is 0 Å². The maximum absolute atomic E-state index is 14.7. The average molecular weight is 707 g/mol. The monoisotopic (exact) mass is 706 g/mol. The largest absolute Gasteiger partial charge is 0.495 e. The predicted octanol–water partition coefficient (Wildman–Crippen LogP) is 6.24. The second-order valence-corrected chi connectivity index (χ2v) is 13.8. The molecule has 0 radical (unpaired) electrons. The molecule has 0 fully saturated rings. The van der Waals surface area contributed by atoms with Crippen LogP contribution >= 0.6 is 11.6 Å². The first-order valence-corrected chi connectivity index (χ1v) is 17.5. The van der Waals surface area contributed by atoms with E-state index in [-0.39, 0.29) is 35.0 Å².